The van der Waals surface area contributed by atoms with E-state index in [1.807, 2.05) is 102 Å². The van der Waals surface area contributed by atoms with Crippen LogP contribution in [0.3, 0.4) is 0 Å². The maximum Gasteiger partial charge on any atom is 0.417 e. The molecule has 0 saturated carbocycles. The van der Waals surface area contributed by atoms with Crippen LogP contribution in [0.15, 0.2) is 163 Å². The summed E-state index contributed by atoms with van der Waals surface area (Å²) in [6.45, 7) is 14.6. The molecule has 8 rings (SSSR count). The number of hydrogen-bond acceptors (Lipinski definition) is 8. The minimum atomic E-state index is -5.23. The molecule has 0 amide bonds. The van der Waals surface area contributed by atoms with Gasteiger partial charge in [-0.3, -0.25) is 9.59 Å². The number of carbonyl (C=O) groups excluding carboxylic acids is 2. The number of fused-ring (bicyclic) bond motifs is 2. The van der Waals surface area contributed by atoms with E-state index < -0.39 is 66.9 Å². The maximum atomic E-state index is 15.2. The van der Waals surface area contributed by atoms with E-state index in [0.29, 0.717) is 55.3 Å². The molecule has 0 saturated heterocycles. The number of allylic oxidation sites excluding steroid dienone is 10. The minimum Gasteiger partial charge on any atom is -0.289 e. The van der Waals surface area contributed by atoms with Crippen molar-refractivity contribution in [2.24, 2.45) is 31.3 Å². The van der Waals surface area contributed by atoms with Crippen LogP contribution in [0.1, 0.15) is 76.3 Å². The van der Waals surface area contributed by atoms with Gasteiger partial charge in [0.25, 0.3) is 0 Å². The van der Waals surface area contributed by atoms with Gasteiger partial charge >= 0.3 is 12.4 Å². The van der Waals surface area contributed by atoms with E-state index >= 15 is 26.3 Å². The Morgan fingerprint density at radius 3 is 1.20 bits per heavy atom. The minimum absolute atomic E-state index is 0.168. The maximum absolute atomic E-state index is 15.2. The number of Topliss-reactive ketones (excluding diaryl/α,β-unsaturated/α-hetero) is 2. The number of thiophene rings is 2. The number of benzene rings is 4. The van der Waals surface area contributed by atoms with Crippen molar-refractivity contribution in [2.75, 3.05) is 0 Å². The molecule has 0 N–H and O–H groups in total. The fourth-order valence-electron chi connectivity index (χ4n) is 8.03. The van der Waals surface area contributed by atoms with Crippen LogP contribution in [0.5, 0.6) is 0 Å². The van der Waals surface area contributed by atoms with Gasteiger partial charge in [-0.1, -0.05) is 101 Å². The standard InChI is InChI=1S/C54H42Cl2F6N4O2S2/c1-27-17-31(19-37(49(27)67)51(3,4)5)47(45-21-29-13-9-11-15-43(29)69-45)65-63-41-25-35(53(57,58)59)33(23-39(41)55)34-24-40(56)42(26-36(34)54(60,61)62)64-66-48(46-22-30-14-10-12-16-44(30)70-46)32-18-28(2)50(68)38(20-32)52(6,7)8/h9-26H,1-8H3/b47-31+,48-32+,65-63+,66-64+. The highest BCUT2D eigenvalue weighted by atomic mass is 35.5. The van der Waals surface area contributed by atoms with E-state index in [4.69, 9.17) is 23.2 Å². The lowest BCUT2D eigenvalue weighted by Crippen LogP contribution is -2.21. The van der Waals surface area contributed by atoms with Crippen LogP contribution < -0.4 is 0 Å². The summed E-state index contributed by atoms with van der Waals surface area (Å²) < 4.78 is 92.9. The van der Waals surface area contributed by atoms with Crippen LogP contribution in [0.4, 0.5) is 37.7 Å². The van der Waals surface area contributed by atoms with E-state index in [2.05, 4.69) is 20.5 Å². The number of hydrogen-bond donors (Lipinski definition) is 0. The number of halogens is 8. The molecular weight excluding hydrogens is 986 g/mol. The van der Waals surface area contributed by atoms with Gasteiger partial charge in [0.15, 0.2) is 11.6 Å². The van der Waals surface area contributed by atoms with Crippen molar-refractivity contribution >= 4 is 100 Å². The van der Waals surface area contributed by atoms with Crippen LogP contribution in [-0.4, -0.2) is 11.6 Å². The summed E-state index contributed by atoms with van der Waals surface area (Å²) in [6, 6.07) is 21.3. The smallest absolute Gasteiger partial charge is 0.289 e. The summed E-state index contributed by atoms with van der Waals surface area (Å²) in [6.07, 6.45) is -3.82. The van der Waals surface area contributed by atoms with Gasteiger partial charge in [0.1, 0.15) is 22.8 Å². The molecule has 0 fully saturated rings. The number of nitrogens with zero attached hydrogens (tertiary/aromatic N) is 4. The molecule has 70 heavy (non-hydrogen) atoms. The van der Waals surface area contributed by atoms with Gasteiger partial charge in [0.05, 0.1) is 30.9 Å². The third-order valence-corrected chi connectivity index (χ3v) is 14.5. The van der Waals surface area contributed by atoms with Crippen LogP contribution in [0.2, 0.25) is 10.0 Å². The molecule has 2 aromatic heterocycles. The predicted octanol–water partition coefficient (Wildman–Crippen LogP) is 19.1. The van der Waals surface area contributed by atoms with Gasteiger partial charge < -0.3 is 0 Å². The first-order valence-electron chi connectivity index (χ1n) is 21.7. The summed E-state index contributed by atoms with van der Waals surface area (Å²) in [4.78, 5) is 27.7. The summed E-state index contributed by atoms with van der Waals surface area (Å²) >= 11 is 16.0. The Hall–Kier alpha value is -6.06. The van der Waals surface area contributed by atoms with Gasteiger partial charge in [-0.2, -0.15) is 26.3 Å². The molecule has 4 aromatic carbocycles. The predicted molar refractivity (Wildman–Crippen MR) is 271 cm³/mol. The van der Waals surface area contributed by atoms with E-state index in [0.717, 1.165) is 32.3 Å². The zero-order valence-corrected chi connectivity index (χ0v) is 42.0. The molecule has 16 heteroatoms. The van der Waals surface area contributed by atoms with Crippen molar-refractivity contribution in [2.45, 2.75) is 67.7 Å². The first-order valence-corrected chi connectivity index (χ1v) is 24.1. The fraction of sp³-hybridized carbons (Fsp3) is 0.222. The fourth-order valence-corrected chi connectivity index (χ4v) is 10.6. The Kier molecular flexibility index (Phi) is 13.4. The lowest BCUT2D eigenvalue weighted by molar-refractivity contribution is -0.139. The van der Waals surface area contributed by atoms with Gasteiger partial charge in [0, 0.05) is 31.7 Å². The quantitative estimate of drug-likeness (QED) is 0.118. The number of ketones is 2. The van der Waals surface area contributed by atoms with E-state index in [9.17, 15) is 9.59 Å². The van der Waals surface area contributed by atoms with Crippen molar-refractivity contribution in [3.8, 4) is 11.1 Å². The molecular formula is C54H42Cl2F6N4O2S2. The highest BCUT2D eigenvalue weighted by Crippen LogP contribution is 2.50. The van der Waals surface area contributed by atoms with Gasteiger partial charge in [0.2, 0.25) is 0 Å². The van der Waals surface area contributed by atoms with E-state index in [1.54, 1.807) is 38.2 Å². The second kappa shape index (κ2) is 18.6. The zero-order valence-electron chi connectivity index (χ0n) is 38.8. The highest BCUT2D eigenvalue weighted by molar-refractivity contribution is 7.20. The van der Waals surface area contributed by atoms with Crippen LogP contribution in [0, 0.1) is 10.8 Å². The average Bonchev–Trinajstić information content (AvgIpc) is 3.90. The number of azo groups is 2. The van der Waals surface area contributed by atoms with Gasteiger partial charge in [-0.05, 0) is 131 Å². The average molecular weight is 1030 g/mol. The Balaban J connectivity index is 1.27. The van der Waals surface area contributed by atoms with Gasteiger partial charge in [-0.25, -0.2) is 0 Å². The summed E-state index contributed by atoms with van der Waals surface area (Å²) in [5, 5.41) is 18.2. The normalized spacial score (nSPS) is 16.9. The lowest BCUT2D eigenvalue weighted by Gasteiger charge is -2.25. The largest absolute Gasteiger partial charge is 0.417 e. The third-order valence-electron chi connectivity index (χ3n) is 11.6. The zero-order chi connectivity index (χ0) is 50.8. The summed E-state index contributed by atoms with van der Waals surface area (Å²) in [5.41, 5.74) is -3.70. The summed E-state index contributed by atoms with van der Waals surface area (Å²) in [5.74, 6) is -0.336. The molecule has 0 atom stereocenters. The SMILES string of the molecule is CC1=C/C(=C(\N=N\c2cc(C(F)(F)F)c(-c3cc(Cl)c(/N=N/C(=C4\C=C(C)C(=O)C(C(C)(C)C)=C4)c4cc5ccccc5s4)cc3C(F)(F)F)cc2Cl)c2cc3ccccc3s2)C=C(C(C)(C)C)C1=O. The molecule has 6 nitrogen and oxygen atoms in total. The molecule has 0 spiro atoms. The first-order chi connectivity index (χ1) is 32.7. The molecule has 2 aliphatic carbocycles. The van der Waals surface area contributed by atoms with Crippen molar-refractivity contribution in [1.82, 2.24) is 0 Å². The molecule has 0 radical (unpaired) electrons. The topological polar surface area (TPSA) is 83.6 Å². The van der Waals surface area contributed by atoms with Crippen LogP contribution in [0.25, 0.3) is 42.7 Å². The van der Waals surface area contributed by atoms with E-state index in [-0.39, 0.29) is 23.0 Å². The molecule has 0 unspecified atom stereocenters. The Morgan fingerprint density at radius 2 is 0.871 bits per heavy atom. The number of alkyl halides is 6. The summed E-state index contributed by atoms with van der Waals surface area (Å²) in [7, 11) is 0. The Morgan fingerprint density at radius 1 is 0.514 bits per heavy atom. The second-order valence-electron chi connectivity index (χ2n) is 18.9. The molecule has 358 valence electrons. The highest BCUT2D eigenvalue weighted by Gasteiger charge is 2.40. The first kappa shape index (κ1) is 50.3. The Labute approximate surface area is 417 Å². The third kappa shape index (κ3) is 10.2. The molecule has 6 aromatic rings. The van der Waals surface area contributed by atoms with Crippen molar-refractivity contribution in [3.63, 3.8) is 0 Å². The monoisotopic (exact) mass is 1030 g/mol. The number of rotatable bonds is 7. The van der Waals surface area contributed by atoms with Gasteiger partial charge in [-0.15, -0.1) is 43.1 Å². The molecule has 2 heterocycles. The lowest BCUT2D eigenvalue weighted by atomic mass is 9.78. The molecule has 0 aliphatic heterocycles. The van der Waals surface area contributed by atoms with E-state index in [1.165, 1.54) is 22.7 Å². The second-order valence-corrected chi connectivity index (χ2v) is 21.9. The number of carbonyl (C=O) groups is 2. The van der Waals surface area contributed by atoms with Crippen LogP contribution >= 0.6 is 45.9 Å². The molecule has 2 aliphatic rings. The van der Waals surface area contributed by atoms with Crippen LogP contribution in [-0.2, 0) is 21.9 Å². The Bertz CT molecular complexity index is 3160. The van der Waals surface area contributed by atoms with Crippen molar-refractivity contribution in [1.29, 1.82) is 0 Å². The van der Waals surface area contributed by atoms with Crippen molar-refractivity contribution < 1.29 is 35.9 Å². The van der Waals surface area contributed by atoms with Crippen molar-refractivity contribution in [3.05, 3.63) is 174 Å². The molecule has 0 bridgehead atoms.